The molecule has 0 bridgehead atoms. The molecule has 0 unspecified atom stereocenters. The molecular weight excluding hydrogens is 338 g/mol. The summed E-state index contributed by atoms with van der Waals surface area (Å²) < 4.78 is 0. The number of rotatable bonds is 5. The molecule has 0 radical (unpaired) electrons. The smallest absolute Gasteiger partial charge is 0.273 e. The predicted molar refractivity (Wildman–Crippen MR) is 105 cm³/mol. The number of likely N-dealkylation sites (tertiary alicyclic amines) is 1. The average molecular weight is 361 g/mol. The zero-order chi connectivity index (χ0) is 18.5. The number of aromatic amines is 1. The number of carbonyl (C=O) groups is 1. The lowest BCUT2D eigenvalue weighted by molar-refractivity contribution is 0.102. The first-order chi connectivity index (χ1) is 13.3. The summed E-state index contributed by atoms with van der Waals surface area (Å²) in [5.74, 6) is -0.202. The quantitative estimate of drug-likeness (QED) is 0.726. The van der Waals surface area contributed by atoms with Crippen molar-refractivity contribution in [1.82, 2.24) is 20.1 Å². The Morgan fingerprint density at radius 3 is 2.52 bits per heavy atom. The SMILES string of the molecule is O=C(Nc1ccc(CN2CCCCC2)cc1)c1cc(-c2ccncc2)n[nH]1. The fourth-order valence-electron chi connectivity index (χ4n) is 3.38. The van der Waals surface area contributed by atoms with Gasteiger partial charge in [-0.05, 0) is 61.8 Å². The summed E-state index contributed by atoms with van der Waals surface area (Å²) in [6.07, 6.45) is 7.34. The topological polar surface area (TPSA) is 73.9 Å². The lowest BCUT2D eigenvalue weighted by atomic mass is 10.1. The fraction of sp³-hybridized carbons (Fsp3) is 0.286. The van der Waals surface area contributed by atoms with Crippen molar-refractivity contribution in [2.24, 2.45) is 0 Å². The standard InChI is InChI=1S/C21H23N5O/c27-21(20-14-19(24-25-20)17-8-10-22-11-9-17)23-18-6-4-16(5-7-18)15-26-12-2-1-3-13-26/h4-11,14H,1-3,12-13,15H2,(H,23,27)(H,24,25). The minimum atomic E-state index is -0.202. The van der Waals surface area contributed by atoms with Gasteiger partial charge in [0.25, 0.3) is 5.91 Å². The summed E-state index contributed by atoms with van der Waals surface area (Å²) in [7, 11) is 0. The molecule has 3 heterocycles. The van der Waals surface area contributed by atoms with Gasteiger partial charge in [0.15, 0.2) is 0 Å². The number of pyridine rings is 1. The Morgan fingerprint density at radius 2 is 1.78 bits per heavy atom. The molecule has 3 aromatic rings. The van der Waals surface area contributed by atoms with E-state index in [2.05, 4.69) is 37.5 Å². The first-order valence-electron chi connectivity index (χ1n) is 9.36. The lowest BCUT2D eigenvalue weighted by Crippen LogP contribution is -2.29. The van der Waals surface area contributed by atoms with E-state index < -0.39 is 0 Å². The molecule has 0 saturated carbocycles. The Bertz CT molecular complexity index is 882. The van der Waals surface area contributed by atoms with Gasteiger partial charge in [0.2, 0.25) is 0 Å². The van der Waals surface area contributed by atoms with Gasteiger partial charge in [-0.3, -0.25) is 19.8 Å². The van der Waals surface area contributed by atoms with Crippen LogP contribution in [-0.4, -0.2) is 39.1 Å². The van der Waals surface area contributed by atoms with E-state index in [4.69, 9.17) is 0 Å². The zero-order valence-corrected chi connectivity index (χ0v) is 15.2. The monoisotopic (exact) mass is 361 g/mol. The van der Waals surface area contributed by atoms with Crippen molar-refractivity contribution >= 4 is 11.6 Å². The van der Waals surface area contributed by atoms with E-state index in [0.717, 1.165) is 23.5 Å². The molecule has 1 aliphatic heterocycles. The van der Waals surface area contributed by atoms with E-state index in [1.807, 2.05) is 24.3 Å². The number of piperidine rings is 1. The molecule has 1 aromatic carbocycles. The van der Waals surface area contributed by atoms with Crippen LogP contribution >= 0.6 is 0 Å². The molecule has 4 rings (SSSR count). The van der Waals surface area contributed by atoms with Crippen LogP contribution in [0, 0.1) is 0 Å². The Kier molecular flexibility index (Phi) is 5.25. The van der Waals surface area contributed by atoms with Crippen LogP contribution in [0.4, 0.5) is 5.69 Å². The van der Waals surface area contributed by atoms with E-state index in [9.17, 15) is 4.79 Å². The highest BCUT2D eigenvalue weighted by Gasteiger charge is 2.12. The van der Waals surface area contributed by atoms with Crippen LogP contribution < -0.4 is 5.32 Å². The molecule has 1 saturated heterocycles. The second kappa shape index (κ2) is 8.14. The van der Waals surface area contributed by atoms with Gasteiger partial charge in [0, 0.05) is 30.2 Å². The molecule has 0 aliphatic carbocycles. The van der Waals surface area contributed by atoms with Gasteiger partial charge < -0.3 is 5.32 Å². The van der Waals surface area contributed by atoms with E-state index in [0.29, 0.717) is 5.69 Å². The van der Waals surface area contributed by atoms with Gasteiger partial charge in [0.05, 0.1) is 5.69 Å². The van der Waals surface area contributed by atoms with Crippen LogP contribution in [0.1, 0.15) is 35.3 Å². The molecule has 6 heteroatoms. The first kappa shape index (κ1) is 17.4. The van der Waals surface area contributed by atoms with Gasteiger partial charge in [-0.2, -0.15) is 5.10 Å². The van der Waals surface area contributed by atoms with Gasteiger partial charge in [-0.15, -0.1) is 0 Å². The van der Waals surface area contributed by atoms with Gasteiger partial charge in [-0.1, -0.05) is 18.6 Å². The predicted octanol–water partition coefficient (Wildman–Crippen LogP) is 3.71. The first-order valence-corrected chi connectivity index (χ1v) is 9.36. The van der Waals surface area contributed by atoms with Crippen molar-refractivity contribution in [3.63, 3.8) is 0 Å². The molecule has 2 N–H and O–H groups in total. The van der Waals surface area contributed by atoms with Crippen LogP contribution in [0.2, 0.25) is 0 Å². The molecule has 2 aromatic heterocycles. The second-order valence-corrected chi connectivity index (χ2v) is 6.89. The molecule has 0 spiro atoms. The van der Waals surface area contributed by atoms with Crippen molar-refractivity contribution in [3.8, 4) is 11.3 Å². The van der Waals surface area contributed by atoms with Crippen LogP contribution in [0.3, 0.4) is 0 Å². The molecule has 138 valence electrons. The van der Waals surface area contributed by atoms with Crippen molar-refractivity contribution in [2.45, 2.75) is 25.8 Å². The summed E-state index contributed by atoms with van der Waals surface area (Å²) >= 11 is 0. The summed E-state index contributed by atoms with van der Waals surface area (Å²) in [5, 5.41) is 9.93. The maximum atomic E-state index is 12.5. The third kappa shape index (κ3) is 4.41. The van der Waals surface area contributed by atoms with Crippen LogP contribution in [-0.2, 0) is 6.54 Å². The highest BCUT2D eigenvalue weighted by molar-refractivity contribution is 6.03. The zero-order valence-electron chi connectivity index (χ0n) is 15.2. The summed E-state index contributed by atoms with van der Waals surface area (Å²) in [6.45, 7) is 3.33. The number of nitrogens with one attached hydrogen (secondary N) is 2. The summed E-state index contributed by atoms with van der Waals surface area (Å²) in [6, 6.07) is 13.5. The van der Waals surface area contributed by atoms with E-state index in [1.165, 1.54) is 37.9 Å². The normalized spacial score (nSPS) is 14.8. The number of aromatic nitrogens is 3. The van der Waals surface area contributed by atoms with E-state index >= 15 is 0 Å². The van der Waals surface area contributed by atoms with Crippen molar-refractivity contribution < 1.29 is 4.79 Å². The minimum Gasteiger partial charge on any atom is -0.321 e. The van der Waals surface area contributed by atoms with Crippen LogP contribution in [0.15, 0.2) is 54.9 Å². The van der Waals surface area contributed by atoms with Crippen LogP contribution in [0.5, 0.6) is 0 Å². The molecule has 27 heavy (non-hydrogen) atoms. The number of carbonyl (C=O) groups excluding carboxylic acids is 1. The third-order valence-corrected chi connectivity index (χ3v) is 4.87. The number of nitrogens with zero attached hydrogens (tertiary/aromatic N) is 3. The third-order valence-electron chi connectivity index (χ3n) is 4.87. The second-order valence-electron chi connectivity index (χ2n) is 6.89. The Hall–Kier alpha value is -2.99. The van der Waals surface area contributed by atoms with Crippen molar-refractivity contribution in [1.29, 1.82) is 0 Å². The van der Waals surface area contributed by atoms with Gasteiger partial charge in [0.1, 0.15) is 5.69 Å². The Balaban J connectivity index is 1.37. The minimum absolute atomic E-state index is 0.202. The molecule has 0 atom stereocenters. The van der Waals surface area contributed by atoms with Crippen molar-refractivity contribution in [3.05, 3.63) is 66.1 Å². The highest BCUT2D eigenvalue weighted by Crippen LogP contribution is 2.18. The molecular formula is C21H23N5O. The fourth-order valence-corrected chi connectivity index (χ4v) is 3.38. The van der Waals surface area contributed by atoms with Crippen LogP contribution in [0.25, 0.3) is 11.3 Å². The average Bonchev–Trinajstić information content (AvgIpc) is 3.21. The van der Waals surface area contributed by atoms with Gasteiger partial charge >= 0.3 is 0 Å². The van der Waals surface area contributed by atoms with Crippen molar-refractivity contribution in [2.75, 3.05) is 18.4 Å². The molecule has 1 fully saturated rings. The number of H-pyrrole nitrogens is 1. The maximum absolute atomic E-state index is 12.5. The number of hydrogen-bond acceptors (Lipinski definition) is 4. The lowest BCUT2D eigenvalue weighted by Gasteiger charge is -2.26. The number of hydrogen-bond donors (Lipinski definition) is 2. The number of benzene rings is 1. The Labute approximate surface area is 158 Å². The number of amides is 1. The molecule has 1 amide bonds. The van der Waals surface area contributed by atoms with E-state index in [-0.39, 0.29) is 5.91 Å². The van der Waals surface area contributed by atoms with Gasteiger partial charge in [-0.25, -0.2) is 0 Å². The largest absolute Gasteiger partial charge is 0.321 e. The summed E-state index contributed by atoms with van der Waals surface area (Å²) in [5.41, 5.74) is 4.12. The number of anilines is 1. The molecule has 1 aliphatic rings. The highest BCUT2D eigenvalue weighted by atomic mass is 16.1. The Morgan fingerprint density at radius 1 is 1.04 bits per heavy atom. The summed E-state index contributed by atoms with van der Waals surface area (Å²) in [4.78, 5) is 18.9. The van der Waals surface area contributed by atoms with E-state index in [1.54, 1.807) is 18.5 Å². The molecule has 6 nitrogen and oxygen atoms in total. The maximum Gasteiger partial charge on any atom is 0.273 e.